The summed E-state index contributed by atoms with van der Waals surface area (Å²) in [5, 5.41) is 5.50. The standard InChI is InChI=1S/C17H28BrN5O2/c1-6-22-8-7-9-23-11(10-22)12(20-16(23)18)14(24)21-13(15(25)19-5)17(2,3)4/h13H,6-10H2,1-5H3,(H,19,25)(H,21,24)/t13-/m1/s1. The van der Waals surface area contributed by atoms with Crippen LogP contribution < -0.4 is 10.6 Å². The van der Waals surface area contributed by atoms with Gasteiger partial charge in [-0.05, 0) is 34.3 Å². The molecule has 7 nitrogen and oxygen atoms in total. The van der Waals surface area contributed by atoms with E-state index in [1.807, 2.05) is 20.8 Å². The Labute approximate surface area is 157 Å². The molecule has 2 amide bonds. The molecule has 25 heavy (non-hydrogen) atoms. The molecule has 0 fully saturated rings. The zero-order valence-corrected chi connectivity index (χ0v) is 17.2. The van der Waals surface area contributed by atoms with Crippen LogP contribution in [0.1, 0.15) is 50.3 Å². The van der Waals surface area contributed by atoms with Crippen molar-refractivity contribution in [3.63, 3.8) is 0 Å². The Hall–Kier alpha value is -1.41. The lowest BCUT2D eigenvalue weighted by atomic mass is 9.86. The van der Waals surface area contributed by atoms with Gasteiger partial charge in [0.1, 0.15) is 6.04 Å². The summed E-state index contributed by atoms with van der Waals surface area (Å²) in [5.74, 6) is -0.517. The molecule has 0 radical (unpaired) electrons. The van der Waals surface area contributed by atoms with E-state index < -0.39 is 11.5 Å². The Morgan fingerprint density at radius 1 is 1.32 bits per heavy atom. The van der Waals surface area contributed by atoms with E-state index in [0.717, 1.165) is 31.7 Å². The van der Waals surface area contributed by atoms with Gasteiger partial charge in [0.15, 0.2) is 10.4 Å². The van der Waals surface area contributed by atoms with E-state index in [9.17, 15) is 9.59 Å². The summed E-state index contributed by atoms with van der Waals surface area (Å²) in [7, 11) is 1.57. The number of carbonyl (C=O) groups excluding carboxylic acids is 2. The molecule has 0 bridgehead atoms. The molecule has 0 aliphatic carbocycles. The molecule has 0 saturated heterocycles. The van der Waals surface area contributed by atoms with E-state index >= 15 is 0 Å². The molecule has 1 atom stereocenters. The Morgan fingerprint density at radius 2 is 2.00 bits per heavy atom. The lowest BCUT2D eigenvalue weighted by molar-refractivity contribution is -0.124. The molecular formula is C17H28BrN5O2. The largest absolute Gasteiger partial charge is 0.357 e. The first-order chi connectivity index (χ1) is 11.7. The van der Waals surface area contributed by atoms with Crippen LogP contribution >= 0.6 is 15.9 Å². The smallest absolute Gasteiger partial charge is 0.272 e. The summed E-state index contributed by atoms with van der Waals surface area (Å²) < 4.78 is 2.72. The first-order valence-corrected chi connectivity index (χ1v) is 9.48. The van der Waals surface area contributed by atoms with E-state index in [1.54, 1.807) is 7.05 Å². The van der Waals surface area contributed by atoms with Gasteiger partial charge in [0, 0.05) is 26.7 Å². The molecule has 2 N–H and O–H groups in total. The molecule has 1 aromatic rings. The van der Waals surface area contributed by atoms with Crippen molar-refractivity contribution in [3.8, 4) is 0 Å². The van der Waals surface area contributed by atoms with E-state index in [1.165, 1.54) is 0 Å². The highest BCUT2D eigenvalue weighted by molar-refractivity contribution is 9.10. The molecule has 1 aliphatic heterocycles. The maximum atomic E-state index is 12.9. The lowest BCUT2D eigenvalue weighted by Crippen LogP contribution is -2.53. The first-order valence-electron chi connectivity index (χ1n) is 8.68. The highest BCUT2D eigenvalue weighted by Crippen LogP contribution is 2.24. The van der Waals surface area contributed by atoms with E-state index in [2.05, 4.69) is 47.9 Å². The number of rotatable bonds is 4. The molecule has 0 aromatic carbocycles. The van der Waals surface area contributed by atoms with E-state index in [0.29, 0.717) is 17.0 Å². The van der Waals surface area contributed by atoms with Crippen LogP contribution in [0, 0.1) is 5.41 Å². The number of hydrogen-bond donors (Lipinski definition) is 2. The molecule has 0 spiro atoms. The molecule has 1 aromatic heterocycles. The van der Waals surface area contributed by atoms with Crippen LogP contribution in [0.15, 0.2) is 4.73 Å². The maximum absolute atomic E-state index is 12.9. The number of hydrogen-bond acceptors (Lipinski definition) is 4. The minimum Gasteiger partial charge on any atom is -0.357 e. The van der Waals surface area contributed by atoms with Crippen molar-refractivity contribution in [2.45, 2.75) is 53.2 Å². The van der Waals surface area contributed by atoms with Gasteiger partial charge in [-0.25, -0.2) is 4.98 Å². The van der Waals surface area contributed by atoms with Gasteiger partial charge in [0.05, 0.1) is 5.69 Å². The average molecular weight is 414 g/mol. The van der Waals surface area contributed by atoms with Crippen molar-refractivity contribution >= 4 is 27.7 Å². The van der Waals surface area contributed by atoms with Crippen molar-refractivity contribution in [1.29, 1.82) is 0 Å². The molecule has 2 heterocycles. The van der Waals surface area contributed by atoms with E-state index in [4.69, 9.17) is 0 Å². The summed E-state index contributed by atoms with van der Waals surface area (Å²) in [4.78, 5) is 31.8. The normalized spacial score (nSPS) is 16.7. The fourth-order valence-electron chi connectivity index (χ4n) is 3.06. The molecule has 1 aliphatic rings. The molecular weight excluding hydrogens is 386 g/mol. The number of halogens is 1. The van der Waals surface area contributed by atoms with Crippen LogP contribution in [0.3, 0.4) is 0 Å². The van der Waals surface area contributed by atoms with Gasteiger partial charge in [0.2, 0.25) is 5.91 Å². The van der Waals surface area contributed by atoms with Crippen molar-refractivity contribution in [3.05, 3.63) is 16.1 Å². The van der Waals surface area contributed by atoms with E-state index in [-0.39, 0.29) is 11.8 Å². The molecule has 0 saturated carbocycles. The zero-order chi connectivity index (χ0) is 18.8. The van der Waals surface area contributed by atoms with Gasteiger partial charge in [-0.3, -0.25) is 14.5 Å². The van der Waals surface area contributed by atoms with Gasteiger partial charge < -0.3 is 15.2 Å². The fraction of sp³-hybridized carbons (Fsp3) is 0.706. The Bertz CT molecular complexity index is 650. The summed E-state index contributed by atoms with van der Waals surface area (Å²) >= 11 is 3.47. The number of amides is 2. The zero-order valence-electron chi connectivity index (χ0n) is 15.6. The summed E-state index contributed by atoms with van der Waals surface area (Å²) in [6.07, 6.45) is 1.01. The summed E-state index contributed by atoms with van der Waals surface area (Å²) in [6, 6.07) is -0.630. The minimum atomic E-state index is -0.630. The number of nitrogens with one attached hydrogen (secondary N) is 2. The Morgan fingerprint density at radius 3 is 2.56 bits per heavy atom. The Balaban J connectivity index is 2.32. The third-order valence-electron chi connectivity index (χ3n) is 4.57. The monoisotopic (exact) mass is 413 g/mol. The molecule has 0 unspecified atom stereocenters. The topological polar surface area (TPSA) is 79.3 Å². The number of fused-ring (bicyclic) bond motifs is 1. The molecule has 2 rings (SSSR count). The number of imidazole rings is 1. The third-order valence-corrected chi connectivity index (χ3v) is 5.17. The van der Waals surface area contributed by atoms with Gasteiger partial charge in [0.25, 0.3) is 5.91 Å². The predicted octanol–water partition coefficient (Wildman–Crippen LogP) is 1.76. The van der Waals surface area contributed by atoms with Crippen molar-refractivity contribution in [2.75, 3.05) is 20.1 Å². The number of nitrogens with zero attached hydrogens (tertiary/aromatic N) is 3. The molecule has 140 valence electrons. The van der Waals surface area contributed by atoms with Crippen LogP contribution in [0.4, 0.5) is 0 Å². The van der Waals surface area contributed by atoms with Gasteiger partial charge in [-0.1, -0.05) is 27.7 Å². The number of likely N-dealkylation sites (N-methyl/N-ethyl adjacent to an activating group) is 1. The SMILES string of the molecule is CCN1CCCn2c(Br)nc(C(=O)N[C@H](C(=O)NC)C(C)(C)C)c2C1. The maximum Gasteiger partial charge on any atom is 0.272 e. The van der Waals surface area contributed by atoms with Crippen molar-refractivity contribution < 1.29 is 9.59 Å². The van der Waals surface area contributed by atoms with Crippen molar-refractivity contribution in [1.82, 2.24) is 25.1 Å². The van der Waals surface area contributed by atoms with Gasteiger partial charge >= 0.3 is 0 Å². The van der Waals surface area contributed by atoms with Crippen LogP contribution in [0.5, 0.6) is 0 Å². The average Bonchev–Trinajstić information content (AvgIpc) is 2.74. The predicted molar refractivity (Wildman–Crippen MR) is 100 cm³/mol. The highest BCUT2D eigenvalue weighted by Gasteiger charge is 2.34. The summed E-state index contributed by atoms with van der Waals surface area (Å²) in [6.45, 7) is 11.3. The minimum absolute atomic E-state index is 0.208. The number of carbonyl (C=O) groups is 2. The van der Waals surface area contributed by atoms with Gasteiger partial charge in [-0.2, -0.15) is 0 Å². The van der Waals surface area contributed by atoms with Crippen LogP contribution in [-0.4, -0.2) is 52.4 Å². The second-order valence-corrected chi connectivity index (χ2v) is 8.15. The highest BCUT2D eigenvalue weighted by atomic mass is 79.9. The van der Waals surface area contributed by atoms with Crippen molar-refractivity contribution in [2.24, 2.45) is 5.41 Å². The van der Waals surface area contributed by atoms with Crippen LogP contribution in [0.25, 0.3) is 0 Å². The quantitative estimate of drug-likeness (QED) is 0.787. The Kier molecular flexibility index (Phi) is 6.26. The number of aromatic nitrogens is 2. The molecule has 8 heteroatoms. The summed E-state index contributed by atoms with van der Waals surface area (Å²) in [5.41, 5.74) is 0.887. The first kappa shape index (κ1) is 19.9. The second kappa shape index (κ2) is 7.86. The van der Waals surface area contributed by atoms with Gasteiger partial charge in [-0.15, -0.1) is 0 Å². The third kappa shape index (κ3) is 4.41. The van der Waals surface area contributed by atoms with Crippen LogP contribution in [-0.2, 0) is 17.9 Å². The second-order valence-electron chi connectivity index (χ2n) is 7.44. The van der Waals surface area contributed by atoms with Crippen LogP contribution in [0.2, 0.25) is 0 Å². The lowest BCUT2D eigenvalue weighted by Gasteiger charge is -2.29. The fourth-order valence-corrected chi connectivity index (χ4v) is 3.63.